The third-order valence-electron chi connectivity index (χ3n) is 2.18. The average molecular weight is 213 g/mol. The summed E-state index contributed by atoms with van der Waals surface area (Å²) < 4.78 is 4.95. The van der Waals surface area contributed by atoms with Crippen LogP contribution in [-0.4, -0.2) is 5.16 Å². The summed E-state index contributed by atoms with van der Waals surface area (Å²) >= 11 is 0. The Morgan fingerprint density at radius 2 is 2.25 bits per heavy atom. The molecule has 1 aromatic heterocycles. The van der Waals surface area contributed by atoms with Gasteiger partial charge in [-0.1, -0.05) is 17.3 Å². The Bertz CT molecular complexity index is 485. The minimum absolute atomic E-state index is 0.636. The first-order chi connectivity index (χ1) is 7.88. The van der Waals surface area contributed by atoms with E-state index in [4.69, 9.17) is 9.78 Å². The van der Waals surface area contributed by atoms with E-state index in [2.05, 4.69) is 16.5 Å². The van der Waals surface area contributed by atoms with Crippen molar-refractivity contribution in [2.75, 3.05) is 0 Å². The van der Waals surface area contributed by atoms with Gasteiger partial charge in [0.2, 0.25) is 0 Å². The lowest BCUT2D eigenvalue weighted by atomic mass is 10.1. The second kappa shape index (κ2) is 5.10. The van der Waals surface area contributed by atoms with Crippen molar-refractivity contribution in [3.05, 3.63) is 53.4 Å². The molecule has 4 nitrogen and oxygen atoms in total. The van der Waals surface area contributed by atoms with E-state index in [0.29, 0.717) is 18.7 Å². The Balaban J connectivity index is 1.88. The summed E-state index contributed by atoms with van der Waals surface area (Å²) in [7, 11) is 0. The summed E-state index contributed by atoms with van der Waals surface area (Å²) in [4.78, 5) is 0. The highest BCUT2D eigenvalue weighted by Gasteiger charge is 1.98. The molecule has 1 aromatic carbocycles. The molecule has 0 unspecified atom stereocenters. The molecular weight excluding hydrogens is 202 g/mol. The van der Waals surface area contributed by atoms with E-state index in [1.54, 1.807) is 12.3 Å². The van der Waals surface area contributed by atoms with Crippen LogP contribution in [-0.2, 0) is 13.1 Å². The van der Waals surface area contributed by atoms with Gasteiger partial charge in [0.1, 0.15) is 5.76 Å². The number of nitrogens with one attached hydrogen (secondary N) is 1. The van der Waals surface area contributed by atoms with Gasteiger partial charge in [-0.25, -0.2) is 0 Å². The molecular formula is C12H11N3O. The Morgan fingerprint density at radius 3 is 3.00 bits per heavy atom. The van der Waals surface area contributed by atoms with Gasteiger partial charge in [0.25, 0.3) is 0 Å². The van der Waals surface area contributed by atoms with Crippen LogP contribution in [0.5, 0.6) is 0 Å². The summed E-state index contributed by atoms with van der Waals surface area (Å²) in [6, 6.07) is 11.5. The summed E-state index contributed by atoms with van der Waals surface area (Å²) in [5.74, 6) is 0.802. The normalized spacial score (nSPS) is 9.94. The zero-order chi connectivity index (χ0) is 11.2. The second-order valence-electron chi connectivity index (χ2n) is 3.39. The topological polar surface area (TPSA) is 61.9 Å². The Morgan fingerprint density at radius 1 is 1.31 bits per heavy atom. The lowest BCUT2D eigenvalue weighted by Gasteiger charge is -2.02. The molecule has 0 aliphatic heterocycles. The van der Waals surface area contributed by atoms with Crippen LogP contribution in [0.15, 0.2) is 41.1 Å². The van der Waals surface area contributed by atoms with Crippen molar-refractivity contribution in [3.63, 3.8) is 0 Å². The van der Waals surface area contributed by atoms with Crippen molar-refractivity contribution in [1.29, 1.82) is 5.26 Å². The molecule has 0 aliphatic carbocycles. The molecule has 0 aliphatic rings. The molecule has 80 valence electrons. The lowest BCUT2D eigenvalue weighted by Crippen LogP contribution is -2.12. The fourth-order valence-corrected chi connectivity index (χ4v) is 1.41. The molecule has 0 amide bonds. The highest BCUT2D eigenvalue weighted by atomic mass is 16.5. The molecule has 0 saturated heterocycles. The molecule has 0 spiro atoms. The first-order valence-corrected chi connectivity index (χ1v) is 4.98. The maximum absolute atomic E-state index is 8.74. The highest BCUT2D eigenvalue weighted by Crippen LogP contribution is 2.04. The molecule has 0 radical (unpaired) electrons. The van der Waals surface area contributed by atoms with E-state index in [9.17, 15) is 0 Å². The summed E-state index contributed by atoms with van der Waals surface area (Å²) in [6.45, 7) is 1.34. The Labute approximate surface area is 93.5 Å². The fraction of sp³-hybridized carbons (Fsp3) is 0.167. The van der Waals surface area contributed by atoms with Gasteiger partial charge < -0.3 is 9.84 Å². The average Bonchev–Trinajstić information content (AvgIpc) is 2.82. The van der Waals surface area contributed by atoms with Crippen molar-refractivity contribution in [1.82, 2.24) is 10.5 Å². The lowest BCUT2D eigenvalue weighted by molar-refractivity contribution is 0.373. The largest absolute Gasteiger partial charge is 0.360 e. The van der Waals surface area contributed by atoms with Crippen LogP contribution >= 0.6 is 0 Å². The molecule has 1 N–H and O–H groups in total. The van der Waals surface area contributed by atoms with Gasteiger partial charge in [-0.3, -0.25) is 0 Å². The van der Waals surface area contributed by atoms with Crippen LogP contribution in [0.4, 0.5) is 0 Å². The maximum Gasteiger partial charge on any atom is 0.150 e. The van der Waals surface area contributed by atoms with Crippen LogP contribution in [0.2, 0.25) is 0 Å². The van der Waals surface area contributed by atoms with Crippen LogP contribution in [0, 0.1) is 11.3 Å². The molecule has 16 heavy (non-hydrogen) atoms. The number of aromatic nitrogens is 1. The van der Waals surface area contributed by atoms with E-state index >= 15 is 0 Å². The molecule has 0 bridgehead atoms. The summed E-state index contributed by atoms with van der Waals surface area (Å²) in [5.41, 5.74) is 1.76. The Kier molecular flexibility index (Phi) is 3.31. The van der Waals surface area contributed by atoms with Gasteiger partial charge in [-0.15, -0.1) is 0 Å². The predicted octanol–water partition coefficient (Wildman–Crippen LogP) is 1.84. The molecule has 4 heteroatoms. The third-order valence-corrected chi connectivity index (χ3v) is 2.18. The van der Waals surface area contributed by atoms with Crippen molar-refractivity contribution in [2.24, 2.45) is 0 Å². The highest BCUT2D eigenvalue weighted by molar-refractivity contribution is 5.32. The number of hydrogen-bond donors (Lipinski definition) is 1. The monoisotopic (exact) mass is 213 g/mol. The van der Waals surface area contributed by atoms with Gasteiger partial charge in [-0.2, -0.15) is 5.26 Å². The molecule has 0 saturated carbocycles. The van der Waals surface area contributed by atoms with Gasteiger partial charge in [0.05, 0.1) is 24.4 Å². The zero-order valence-corrected chi connectivity index (χ0v) is 8.68. The SMILES string of the molecule is N#Cc1cccc(CNCc2ccno2)c1. The minimum Gasteiger partial charge on any atom is -0.360 e. The van der Waals surface area contributed by atoms with E-state index in [-0.39, 0.29) is 0 Å². The molecule has 0 atom stereocenters. The smallest absolute Gasteiger partial charge is 0.150 e. The van der Waals surface area contributed by atoms with Gasteiger partial charge in [-0.05, 0) is 17.7 Å². The van der Waals surface area contributed by atoms with Crippen molar-refractivity contribution >= 4 is 0 Å². The quantitative estimate of drug-likeness (QED) is 0.841. The van der Waals surface area contributed by atoms with Gasteiger partial charge in [0, 0.05) is 12.6 Å². The van der Waals surface area contributed by atoms with Crippen molar-refractivity contribution < 1.29 is 4.52 Å². The van der Waals surface area contributed by atoms with Crippen LogP contribution in [0.3, 0.4) is 0 Å². The van der Waals surface area contributed by atoms with Crippen molar-refractivity contribution in [3.8, 4) is 6.07 Å². The number of rotatable bonds is 4. The van der Waals surface area contributed by atoms with Crippen LogP contribution in [0.1, 0.15) is 16.9 Å². The van der Waals surface area contributed by atoms with Crippen molar-refractivity contribution in [2.45, 2.75) is 13.1 Å². The Hall–Kier alpha value is -2.12. The summed E-state index contributed by atoms with van der Waals surface area (Å²) in [6.07, 6.45) is 1.62. The second-order valence-corrected chi connectivity index (χ2v) is 3.39. The number of hydrogen-bond acceptors (Lipinski definition) is 4. The maximum atomic E-state index is 8.74. The zero-order valence-electron chi connectivity index (χ0n) is 8.68. The molecule has 1 heterocycles. The van der Waals surface area contributed by atoms with Crippen LogP contribution < -0.4 is 5.32 Å². The first kappa shape index (κ1) is 10.4. The predicted molar refractivity (Wildman–Crippen MR) is 58.2 cm³/mol. The minimum atomic E-state index is 0.636. The molecule has 0 fully saturated rings. The van der Waals surface area contributed by atoms with Gasteiger partial charge >= 0.3 is 0 Å². The van der Waals surface area contributed by atoms with E-state index in [1.165, 1.54) is 0 Å². The standard InChI is InChI=1S/C12H11N3O/c13-7-10-2-1-3-11(6-10)8-14-9-12-4-5-15-16-12/h1-6,14H,8-9H2. The number of nitriles is 1. The van der Waals surface area contributed by atoms with E-state index in [1.807, 2.05) is 24.3 Å². The summed E-state index contributed by atoms with van der Waals surface area (Å²) in [5, 5.41) is 15.6. The van der Waals surface area contributed by atoms with E-state index < -0.39 is 0 Å². The fourth-order valence-electron chi connectivity index (χ4n) is 1.41. The van der Waals surface area contributed by atoms with Crippen LogP contribution in [0.25, 0.3) is 0 Å². The molecule has 2 rings (SSSR count). The third kappa shape index (κ3) is 2.69. The number of benzene rings is 1. The first-order valence-electron chi connectivity index (χ1n) is 4.98. The number of nitrogens with zero attached hydrogens (tertiary/aromatic N) is 2. The molecule has 2 aromatic rings. The van der Waals surface area contributed by atoms with E-state index in [0.717, 1.165) is 11.3 Å². The van der Waals surface area contributed by atoms with Gasteiger partial charge in [0.15, 0.2) is 0 Å².